The van der Waals surface area contributed by atoms with Crippen molar-refractivity contribution in [3.05, 3.63) is 34.1 Å². The third-order valence-corrected chi connectivity index (χ3v) is 5.50. The topological polar surface area (TPSA) is 29.1 Å². The van der Waals surface area contributed by atoms with Gasteiger partial charge < -0.3 is 5.32 Å². The number of thioether (sulfide) groups is 1. The Hall–Kier alpha value is -0.550. The molecule has 98 valence electrons. The summed E-state index contributed by atoms with van der Waals surface area (Å²) in [7, 11) is 0. The summed E-state index contributed by atoms with van der Waals surface area (Å²) in [4.78, 5) is 11.9. The molecule has 2 nitrogen and oxygen atoms in total. The van der Waals surface area contributed by atoms with E-state index in [0.717, 1.165) is 12.8 Å². The van der Waals surface area contributed by atoms with Crippen LogP contribution in [0.15, 0.2) is 22.7 Å². The molecular formula is C13H15BrFNOS. The van der Waals surface area contributed by atoms with Crippen LogP contribution in [0.2, 0.25) is 0 Å². The molecule has 0 heterocycles. The molecule has 0 atom stereocenters. The van der Waals surface area contributed by atoms with Gasteiger partial charge in [0.25, 0.3) is 5.91 Å². The van der Waals surface area contributed by atoms with Crippen molar-refractivity contribution in [2.24, 2.45) is 0 Å². The van der Waals surface area contributed by atoms with E-state index in [9.17, 15) is 9.18 Å². The first-order valence-electron chi connectivity index (χ1n) is 5.85. The molecule has 1 aliphatic carbocycles. The third kappa shape index (κ3) is 2.72. The first-order valence-corrected chi connectivity index (χ1v) is 7.87. The number of amides is 1. The Morgan fingerprint density at radius 2 is 2.28 bits per heavy atom. The molecule has 0 spiro atoms. The number of nitrogens with one attached hydrogen (secondary N) is 1. The Balaban J connectivity index is 2.02. The van der Waals surface area contributed by atoms with E-state index in [0.29, 0.717) is 11.0 Å². The van der Waals surface area contributed by atoms with Crippen LogP contribution >= 0.6 is 27.7 Å². The van der Waals surface area contributed by atoms with Crippen molar-refractivity contribution < 1.29 is 9.18 Å². The summed E-state index contributed by atoms with van der Waals surface area (Å²) < 4.78 is 14.2. The van der Waals surface area contributed by atoms with Gasteiger partial charge in [0.1, 0.15) is 5.82 Å². The highest BCUT2D eigenvalue weighted by molar-refractivity contribution is 9.10. The Kier molecular flexibility index (Phi) is 4.33. The fraction of sp³-hybridized carbons (Fsp3) is 0.462. The van der Waals surface area contributed by atoms with Gasteiger partial charge in [0.2, 0.25) is 0 Å². The highest BCUT2D eigenvalue weighted by Gasteiger charge is 2.36. The molecule has 1 aromatic carbocycles. The Morgan fingerprint density at radius 1 is 1.56 bits per heavy atom. The van der Waals surface area contributed by atoms with Crippen LogP contribution in [0.1, 0.15) is 29.6 Å². The summed E-state index contributed by atoms with van der Waals surface area (Å²) in [6.07, 6.45) is 5.51. The van der Waals surface area contributed by atoms with Crippen molar-refractivity contribution in [2.45, 2.75) is 24.0 Å². The monoisotopic (exact) mass is 331 g/mol. The number of carbonyl (C=O) groups excluding carboxylic acids is 1. The average Bonchev–Trinajstić information content (AvgIpc) is 2.31. The van der Waals surface area contributed by atoms with Gasteiger partial charge in [-0.15, -0.1) is 0 Å². The van der Waals surface area contributed by atoms with Crippen molar-refractivity contribution in [1.29, 1.82) is 0 Å². The van der Waals surface area contributed by atoms with Gasteiger partial charge in [-0.3, -0.25) is 4.79 Å². The minimum absolute atomic E-state index is 0.0972. The molecule has 1 N–H and O–H groups in total. The largest absolute Gasteiger partial charge is 0.351 e. The Labute approximate surface area is 119 Å². The number of carbonyl (C=O) groups is 1. The van der Waals surface area contributed by atoms with Gasteiger partial charge >= 0.3 is 0 Å². The minimum Gasteiger partial charge on any atom is -0.351 e. The van der Waals surface area contributed by atoms with Gasteiger partial charge in [0, 0.05) is 11.3 Å². The maximum atomic E-state index is 13.7. The smallest absolute Gasteiger partial charge is 0.254 e. The quantitative estimate of drug-likeness (QED) is 0.913. The zero-order valence-corrected chi connectivity index (χ0v) is 12.5. The minimum atomic E-state index is -0.498. The van der Waals surface area contributed by atoms with Crippen LogP contribution in [0.25, 0.3) is 0 Å². The predicted molar refractivity (Wildman–Crippen MR) is 76.5 cm³/mol. The standard InChI is InChI=1S/C13H15BrFNOS/c1-18-13(6-3-7-13)8-16-12(17)9-4-2-5-10(14)11(9)15/h2,4-5H,3,6-8H2,1H3,(H,16,17). The first kappa shape index (κ1) is 13.9. The summed E-state index contributed by atoms with van der Waals surface area (Å²) in [5.41, 5.74) is 0.0972. The highest BCUT2D eigenvalue weighted by atomic mass is 79.9. The van der Waals surface area contributed by atoms with E-state index in [-0.39, 0.29) is 16.2 Å². The fourth-order valence-corrected chi connectivity index (χ4v) is 3.32. The molecule has 0 radical (unpaired) electrons. The molecule has 0 aliphatic heterocycles. The van der Waals surface area contributed by atoms with E-state index >= 15 is 0 Å². The third-order valence-electron chi connectivity index (χ3n) is 3.47. The normalized spacial score (nSPS) is 17.1. The van der Waals surface area contributed by atoms with Gasteiger partial charge in [0.15, 0.2) is 0 Å². The Bertz CT molecular complexity index is 457. The molecule has 1 aromatic rings. The number of halogens is 2. The van der Waals surface area contributed by atoms with Crippen LogP contribution in [0, 0.1) is 5.82 Å². The summed E-state index contributed by atoms with van der Waals surface area (Å²) in [5.74, 6) is -0.837. The van der Waals surface area contributed by atoms with Crippen molar-refractivity contribution in [1.82, 2.24) is 5.32 Å². The number of hydrogen-bond acceptors (Lipinski definition) is 2. The van der Waals surface area contributed by atoms with Gasteiger partial charge in [-0.25, -0.2) is 4.39 Å². The molecular weight excluding hydrogens is 317 g/mol. The highest BCUT2D eigenvalue weighted by Crippen LogP contribution is 2.42. The summed E-state index contributed by atoms with van der Waals surface area (Å²) >= 11 is 4.87. The van der Waals surface area contributed by atoms with Gasteiger partial charge in [0.05, 0.1) is 10.0 Å². The SMILES string of the molecule is CSC1(CNC(=O)c2cccc(Br)c2F)CCC1. The van der Waals surface area contributed by atoms with Crippen molar-refractivity contribution in [2.75, 3.05) is 12.8 Å². The lowest BCUT2D eigenvalue weighted by molar-refractivity contribution is 0.0939. The maximum Gasteiger partial charge on any atom is 0.254 e. The number of hydrogen-bond donors (Lipinski definition) is 1. The molecule has 2 rings (SSSR count). The van der Waals surface area contributed by atoms with Crippen molar-refractivity contribution >= 4 is 33.6 Å². The van der Waals surface area contributed by atoms with Crippen LogP contribution in [0.5, 0.6) is 0 Å². The van der Waals surface area contributed by atoms with Crippen molar-refractivity contribution in [3.8, 4) is 0 Å². The molecule has 0 unspecified atom stereocenters. The average molecular weight is 332 g/mol. The van der Waals surface area contributed by atoms with Gasteiger partial charge in [-0.1, -0.05) is 12.5 Å². The van der Waals surface area contributed by atoms with E-state index in [1.807, 2.05) is 0 Å². The van der Waals surface area contributed by atoms with E-state index in [4.69, 9.17) is 0 Å². The second-order valence-corrected chi connectivity index (χ2v) is 6.65. The molecule has 0 saturated heterocycles. The molecule has 0 aromatic heterocycles. The van der Waals surface area contributed by atoms with E-state index in [1.54, 1.807) is 23.9 Å². The summed E-state index contributed by atoms with van der Waals surface area (Å²) in [6.45, 7) is 0.610. The van der Waals surface area contributed by atoms with Gasteiger partial charge in [-0.05, 0) is 47.2 Å². The van der Waals surface area contributed by atoms with E-state index in [1.165, 1.54) is 12.5 Å². The molecule has 1 aliphatic rings. The lowest BCUT2D eigenvalue weighted by Gasteiger charge is -2.40. The number of rotatable bonds is 4. The maximum absolute atomic E-state index is 13.7. The first-order chi connectivity index (χ1) is 8.58. The zero-order valence-electron chi connectivity index (χ0n) is 10.1. The molecule has 1 amide bonds. The lowest BCUT2D eigenvalue weighted by Crippen LogP contribution is -2.45. The van der Waals surface area contributed by atoms with Crippen LogP contribution in [0.4, 0.5) is 4.39 Å². The van der Waals surface area contributed by atoms with Crippen molar-refractivity contribution in [3.63, 3.8) is 0 Å². The molecule has 5 heteroatoms. The van der Waals surface area contributed by atoms with Crippen LogP contribution in [0.3, 0.4) is 0 Å². The summed E-state index contributed by atoms with van der Waals surface area (Å²) in [6, 6.07) is 4.75. The van der Waals surface area contributed by atoms with E-state index in [2.05, 4.69) is 27.5 Å². The molecule has 1 saturated carbocycles. The zero-order chi connectivity index (χ0) is 13.2. The molecule has 0 bridgehead atoms. The second-order valence-electron chi connectivity index (χ2n) is 4.52. The van der Waals surface area contributed by atoms with Gasteiger partial charge in [-0.2, -0.15) is 11.8 Å². The predicted octanol–water partition coefficient (Wildman–Crippen LogP) is 3.60. The van der Waals surface area contributed by atoms with Crippen LogP contribution < -0.4 is 5.32 Å². The second kappa shape index (κ2) is 5.61. The number of benzene rings is 1. The lowest BCUT2D eigenvalue weighted by atomic mass is 9.84. The van der Waals surface area contributed by atoms with Crippen LogP contribution in [-0.2, 0) is 0 Å². The summed E-state index contributed by atoms with van der Waals surface area (Å²) in [5, 5.41) is 2.84. The molecule has 18 heavy (non-hydrogen) atoms. The van der Waals surface area contributed by atoms with Crippen LogP contribution in [-0.4, -0.2) is 23.5 Å². The molecule has 1 fully saturated rings. The van der Waals surface area contributed by atoms with E-state index < -0.39 is 5.82 Å². The Morgan fingerprint density at radius 3 is 2.83 bits per heavy atom. The fourth-order valence-electron chi connectivity index (χ4n) is 2.04.